The van der Waals surface area contributed by atoms with Crippen LogP contribution in [0.15, 0.2) is 6.33 Å². The minimum absolute atomic E-state index is 0.0339. The van der Waals surface area contributed by atoms with Gasteiger partial charge < -0.3 is 0 Å². The quantitative estimate of drug-likeness (QED) is 0.382. The van der Waals surface area contributed by atoms with Gasteiger partial charge in [-0.1, -0.05) is 0 Å². The Balaban J connectivity index is 2.32. The highest BCUT2D eigenvalue weighted by molar-refractivity contribution is 5.76. The first-order valence-electron chi connectivity index (χ1n) is 3.01. The Morgan fingerprint density at radius 3 is 3.08 bits per heavy atom. The van der Waals surface area contributed by atoms with E-state index in [1.807, 2.05) is 5.43 Å². The van der Waals surface area contributed by atoms with Crippen molar-refractivity contribution in [3.63, 3.8) is 0 Å². The van der Waals surface area contributed by atoms with Crippen LogP contribution in [-0.4, -0.2) is 32.5 Å². The third-order valence-corrected chi connectivity index (χ3v) is 0.968. The lowest BCUT2D eigenvalue weighted by molar-refractivity contribution is -0.125. The van der Waals surface area contributed by atoms with Gasteiger partial charge in [-0.15, -0.1) is 5.10 Å². The summed E-state index contributed by atoms with van der Waals surface area (Å²) in [7, 11) is 0. The van der Waals surface area contributed by atoms with Crippen molar-refractivity contribution < 1.29 is 9.59 Å². The number of aromatic nitrogens is 4. The van der Waals surface area contributed by atoms with Crippen molar-refractivity contribution in [1.29, 1.82) is 0 Å². The van der Waals surface area contributed by atoms with Crippen LogP contribution in [0.3, 0.4) is 0 Å². The van der Waals surface area contributed by atoms with E-state index in [1.165, 1.54) is 11.0 Å². The van der Waals surface area contributed by atoms with Crippen LogP contribution in [0.2, 0.25) is 0 Å². The second-order valence-corrected chi connectivity index (χ2v) is 1.82. The molecule has 1 heterocycles. The van der Waals surface area contributed by atoms with Crippen LogP contribution in [0, 0.1) is 0 Å². The minimum Gasteiger partial charge on any atom is -0.277 e. The van der Waals surface area contributed by atoms with Crippen LogP contribution in [0.25, 0.3) is 0 Å². The van der Waals surface area contributed by atoms with Gasteiger partial charge in [0.2, 0.25) is 6.41 Å². The second kappa shape index (κ2) is 4.01. The monoisotopic (exact) mass is 170 g/mol. The molecule has 0 aliphatic carbocycles. The number of nitrogens with one attached hydrogen (secondary N) is 2. The van der Waals surface area contributed by atoms with Gasteiger partial charge in [0, 0.05) is 0 Å². The van der Waals surface area contributed by atoms with Crippen molar-refractivity contribution in [2.75, 3.05) is 0 Å². The molecule has 0 spiro atoms. The van der Waals surface area contributed by atoms with Crippen molar-refractivity contribution in [1.82, 2.24) is 31.1 Å². The maximum absolute atomic E-state index is 10.8. The number of rotatable bonds is 4. The lowest BCUT2D eigenvalue weighted by Gasteiger charge is -2.00. The predicted octanol–water partition coefficient (Wildman–Crippen LogP) is -2.55. The molecule has 2 N–H and O–H groups in total. The highest BCUT2D eigenvalue weighted by Crippen LogP contribution is 1.75. The summed E-state index contributed by atoms with van der Waals surface area (Å²) in [4.78, 5) is 20.6. The summed E-state index contributed by atoms with van der Waals surface area (Å²) in [5.41, 5.74) is 4.10. The molecule has 0 saturated heterocycles. The van der Waals surface area contributed by atoms with Gasteiger partial charge in [0.1, 0.15) is 12.9 Å². The van der Waals surface area contributed by atoms with Gasteiger partial charge in [-0.25, -0.2) is 4.68 Å². The van der Waals surface area contributed by atoms with Gasteiger partial charge in [0.15, 0.2) is 0 Å². The molecule has 0 aliphatic rings. The van der Waals surface area contributed by atoms with E-state index in [0.717, 1.165) is 0 Å². The fraction of sp³-hybridized carbons (Fsp3) is 0.250. The van der Waals surface area contributed by atoms with E-state index in [1.54, 1.807) is 0 Å². The zero-order valence-electron chi connectivity index (χ0n) is 5.97. The molecule has 1 aromatic heterocycles. The molecule has 1 aromatic rings. The summed E-state index contributed by atoms with van der Waals surface area (Å²) in [5.74, 6) is -0.408. The molecule has 0 aromatic carbocycles. The summed E-state index contributed by atoms with van der Waals surface area (Å²) >= 11 is 0. The fourth-order valence-electron chi connectivity index (χ4n) is 0.549. The van der Waals surface area contributed by atoms with Crippen LogP contribution in [0.5, 0.6) is 0 Å². The number of tetrazole rings is 1. The summed E-state index contributed by atoms with van der Waals surface area (Å²) in [6.45, 7) is -0.0339. The van der Waals surface area contributed by atoms with Crippen LogP contribution in [0.1, 0.15) is 0 Å². The molecule has 0 aliphatic heterocycles. The topological polar surface area (TPSA) is 102 Å². The molecule has 0 unspecified atom stereocenters. The zero-order valence-corrected chi connectivity index (χ0v) is 5.97. The summed E-state index contributed by atoms with van der Waals surface area (Å²) in [6, 6.07) is 0. The number of amides is 2. The average Bonchev–Trinajstić information content (AvgIpc) is 2.53. The molecule has 0 saturated carbocycles. The predicted molar refractivity (Wildman–Crippen MR) is 35.2 cm³/mol. The van der Waals surface area contributed by atoms with Gasteiger partial charge >= 0.3 is 0 Å². The lowest BCUT2D eigenvalue weighted by Crippen LogP contribution is -2.38. The number of hydrazine groups is 1. The molecular weight excluding hydrogens is 164 g/mol. The largest absolute Gasteiger partial charge is 0.277 e. The Morgan fingerprint density at radius 2 is 2.50 bits per heavy atom. The van der Waals surface area contributed by atoms with E-state index in [0.29, 0.717) is 6.41 Å². The maximum atomic E-state index is 10.8. The molecule has 8 nitrogen and oxygen atoms in total. The van der Waals surface area contributed by atoms with E-state index in [2.05, 4.69) is 21.0 Å². The van der Waals surface area contributed by atoms with Crippen LogP contribution in [0.4, 0.5) is 0 Å². The minimum atomic E-state index is -0.408. The lowest BCUT2D eigenvalue weighted by atomic mass is 10.6. The Labute approximate surface area is 66.9 Å². The smallest absolute Gasteiger partial charge is 0.260 e. The summed E-state index contributed by atoms with van der Waals surface area (Å²) in [5, 5.41) is 10.1. The molecule has 2 amide bonds. The van der Waals surface area contributed by atoms with E-state index < -0.39 is 5.91 Å². The standard InChI is InChI=1S/C4H6N6O2/c11-3-6-7-4(12)1-10-2-5-8-9-10/h2-3H,1H2,(H,6,11)(H,7,12). The number of nitrogens with zero attached hydrogens (tertiary/aromatic N) is 4. The molecule has 1 rings (SSSR count). The van der Waals surface area contributed by atoms with Crippen molar-refractivity contribution in [2.45, 2.75) is 6.54 Å². The van der Waals surface area contributed by atoms with Gasteiger partial charge in [0.25, 0.3) is 5.91 Å². The Bertz CT molecular complexity index is 257. The van der Waals surface area contributed by atoms with E-state index in [-0.39, 0.29) is 6.54 Å². The van der Waals surface area contributed by atoms with Crippen LogP contribution < -0.4 is 10.9 Å². The molecule has 0 fully saturated rings. The summed E-state index contributed by atoms with van der Waals surface area (Å²) < 4.78 is 1.22. The Morgan fingerprint density at radius 1 is 1.67 bits per heavy atom. The van der Waals surface area contributed by atoms with Crippen molar-refractivity contribution in [2.24, 2.45) is 0 Å². The summed E-state index contributed by atoms with van der Waals surface area (Å²) in [6.07, 6.45) is 1.65. The third kappa shape index (κ3) is 2.33. The SMILES string of the molecule is O=CNNC(=O)Cn1cnnn1. The Hall–Kier alpha value is -1.99. The number of hydrogen-bond donors (Lipinski definition) is 2. The van der Waals surface area contributed by atoms with Gasteiger partial charge in [-0.05, 0) is 10.4 Å². The highest BCUT2D eigenvalue weighted by Gasteiger charge is 2.01. The van der Waals surface area contributed by atoms with E-state index in [9.17, 15) is 9.59 Å². The molecule has 0 bridgehead atoms. The molecule has 12 heavy (non-hydrogen) atoms. The first kappa shape index (κ1) is 8.11. The number of carbonyl (C=O) groups excluding carboxylic acids is 2. The first-order valence-corrected chi connectivity index (χ1v) is 3.01. The molecule has 0 atom stereocenters. The van der Waals surface area contributed by atoms with Crippen LogP contribution in [-0.2, 0) is 16.1 Å². The van der Waals surface area contributed by atoms with Gasteiger partial charge in [0.05, 0.1) is 0 Å². The second-order valence-electron chi connectivity index (χ2n) is 1.82. The van der Waals surface area contributed by atoms with E-state index >= 15 is 0 Å². The maximum Gasteiger partial charge on any atom is 0.260 e. The number of hydrogen-bond acceptors (Lipinski definition) is 5. The van der Waals surface area contributed by atoms with Crippen LogP contribution >= 0.6 is 0 Å². The number of carbonyl (C=O) groups is 2. The van der Waals surface area contributed by atoms with Crippen molar-refractivity contribution in [3.05, 3.63) is 6.33 Å². The van der Waals surface area contributed by atoms with Crippen molar-refractivity contribution in [3.8, 4) is 0 Å². The van der Waals surface area contributed by atoms with Gasteiger partial charge in [-0.3, -0.25) is 20.4 Å². The third-order valence-electron chi connectivity index (χ3n) is 0.968. The molecular formula is C4H6N6O2. The highest BCUT2D eigenvalue weighted by atomic mass is 16.2. The fourth-order valence-corrected chi connectivity index (χ4v) is 0.549. The van der Waals surface area contributed by atoms with E-state index in [4.69, 9.17) is 0 Å². The molecule has 0 radical (unpaired) electrons. The average molecular weight is 170 g/mol. The normalized spacial score (nSPS) is 9.00. The Kier molecular flexibility index (Phi) is 2.71. The van der Waals surface area contributed by atoms with Gasteiger partial charge in [-0.2, -0.15) is 0 Å². The van der Waals surface area contributed by atoms with Crippen molar-refractivity contribution >= 4 is 12.3 Å². The first-order chi connectivity index (χ1) is 5.83. The molecule has 64 valence electrons. The molecule has 8 heteroatoms. The zero-order chi connectivity index (χ0) is 8.81.